The van der Waals surface area contributed by atoms with Crippen LogP contribution in [0.1, 0.15) is 10.4 Å². The lowest BCUT2D eigenvalue weighted by atomic mass is 10.3. The average molecular weight is 215 g/mol. The van der Waals surface area contributed by atoms with E-state index in [1.807, 2.05) is 0 Å². The number of hydrogen-bond acceptors (Lipinski definition) is 4. The van der Waals surface area contributed by atoms with Gasteiger partial charge < -0.3 is 5.32 Å². The molecular formula is C7H8N2O4P+. The van der Waals surface area contributed by atoms with Gasteiger partial charge in [0.25, 0.3) is 5.91 Å². The maximum absolute atomic E-state index is 11.2. The van der Waals surface area contributed by atoms with Crippen molar-refractivity contribution < 1.29 is 18.8 Å². The van der Waals surface area contributed by atoms with Crippen molar-refractivity contribution in [1.82, 2.24) is 10.3 Å². The van der Waals surface area contributed by atoms with Crippen LogP contribution in [0.3, 0.4) is 0 Å². The molecule has 6 nitrogen and oxygen atoms in total. The third-order valence-corrected chi connectivity index (χ3v) is 1.68. The number of hydrogen-bond donors (Lipinski definition) is 2. The molecular weight excluding hydrogens is 207 g/mol. The summed E-state index contributed by atoms with van der Waals surface area (Å²) in [5, 5.41) is 2.29. The van der Waals surface area contributed by atoms with Crippen molar-refractivity contribution in [3.8, 4) is 0 Å². The molecule has 14 heavy (non-hydrogen) atoms. The number of pyridine rings is 1. The van der Waals surface area contributed by atoms with Gasteiger partial charge in [-0.25, -0.2) is 0 Å². The van der Waals surface area contributed by atoms with Gasteiger partial charge in [-0.15, -0.1) is 4.89 Å². The maximum atomic E-state index is 11.2. The summed E-state index contributed by atoms with van der Waals surface area (Å²) in [5.74, 6) is -0.407. The topological polar surface area (TPSA) is 88.5 Å². The van der Waals surface area contributed by atoms with Crippen molar-refractivity contribution in [2.45, 2.75) is 0 Å². The van der Waals surface area contributed by atoms with Gasteiger partial charge in [0.15, 0.2) is 6.73 Å². The number of carbonyl (C=O) groups excluding carboxylic acids is 1. The summed E-state index contributed by atoms with van der Waals surface area (Å²) >= 11 is 0. The average Bonchev–Trinajstić information content (AvgIpc) is 2.18. The third kappa shape index (κ3) is 3.57. The lowest BCUT2D eigenvalue weighted by Crippen LogP contribution is -2.24. The van der Waals surface area contributed by atoms with Gasteiger partial charge in [0, 0.05) is 17.0 Å². The van der Waals surface area contributed by atoms with Gasteiger partial charge in [0.2, 0.25) is 0 Å². The Bertz CT molecular complexity index is 330. The van der Waals surface area contributed by atoms with Crippen molar-refractivity contribution in [2.75, 3.05) is 6.73 Å². The van der Waals surface area contributed by atoms with Crippen molar-refractivity contribution in [1.29, 1.82) is 0 Å². The van der Waals surface area contributed by atoms with Crippen molar-refractivity contribution in [3.05, 3.63) is 30.1 Å². The van der Waals surface area contributed by atoms with Crippen molar-refractivity contribution in [2.24, 2.45) is 0 Å². The van der Waals surface area contributed by atoms with E-state index in [1.54, 1.807) is 12.1 Å². The van der Waals surface area contributed by atoms with E-state index in [0.717, 1.165) is 0 Å². The predicted molar refractivity (Wildman–Crippen MR) is 47.5 cm³/mol. The van der Waals surface area contributed by atoms with E-state index >= 15 is 0 Å². The van der Waals surface area contributed by atoms with Crippen LogP contribution in [0.4, 0.5) is 0 Å². The highest BCUT2D eigenvalue weighted by Crippen LogP contribution is 2.12. The summed E-state index contributed by atoms with van der Waals surface area (Å²) in [5.41, 5.74) is 0.365. The Hall–Kier alpha value is -1.36. The Kier molecular flexibility index (Phi) is 4.12. The van der Waals surface area contributed by atoms with Crippen LogP contribution < -0.4 is 5.32 Å². The zero-order valence-corrected chi connectivity index (χ0v) is 7.98. The van der Waals surface area contributed by atoms with Gasteiger partial charge in [0.05, 0.1) is 5.56 Å². The molecule has 74 valence electrons. The smallest absolute Gasteiger partial charge is 0.325 e. The van der Waals surface area contributed by atoms with Crippen LogP contribution in [-0.2, 0) is 9.09 Å². The van der Waals surface area contributed by atoms with Gasteiger partial charge in [-0.1, -0.05) is 4.52 Å². The second-order valence-electron chi connectivity index (χ2n) is 2.26. The molecule has 1 rings (SSSR count). The summed E-state index contributed by atoms with van der Waals surface area (Å²) in [4.78, 5) is 23.2. The Morgan fingerprint density at radius 1 is 1.71 bits per heavy atom. The molecule has 0 aromatic carbocycles. The van der Waals surface area contributed by atoms with Gasteiger partial charge in [-0.3, -0.25) is 9.78 Å². The third-order valence-electron chi connectivity index (χ3n) is 1.33. The minimum absolute atomic E-state index is 0.306. The van der Waals surface area contributed by atoms with Crippen molar-refractivity contribution in [3.63, 3.8) is 0 Å². The lowest BCUT2D eigenvalue weighted by molar-refractivity contribution is 0.0918. The molecule has 0 spiro atoms. The Morgan fingerprint density at radius 3 is 3.07 bits per heavy atom. The largest absolute Gasteiger partial charge is 0.696 e. The minimum atomic E-state index is -2.68. The molecule has 1 heterocycles. The van der Waals surface area contributed by atoms with E-state index in [-0.39, 0.29) is 6.73 Å². The van der Waals surface area contributed by atoms with Gasteiger partial charge in [-0.05, 0) is 12.1 Å². The quantitative estimate of drug-likeness (QED) is 0.561. The monoisotopic (exact) mass is 215 g/mol. The molecule has 1 aromatic heterocycles. The Morgan fingerprint density at radius 2 is 2.50 bits per heavy atom. The van der Waals surface area contributed by atoms with Crippen molar-refractivity contribution >= 4 is 14.2 Å². The molecule has 0 aliphatic rings. The molecule has 1 amide bonds. The fraction of sp³-hybridized carbons (Fsp3) is 0.143. The number of amides is 1. The first kappa shape index (κ1) is 10.7. The second-order valence-corrected chi connectivity index (χ2v) is 2.99. The van der Waals surface area contributed by atoms with Crippen LogP contribution in [0.5, 0.6) is 0 Å². The first-order chi connectivity index (χ1) is 6.70. The molecule has 0 saturated carbocycles. The van der Waals surface area contributed by atoms with E-state index in [4.69, 9.17) is 4.89 Å². The first-order valence-electron chi connectivity index (χ1n) is 3.67. The molecule has 7 heteroatoms. The number of nitrogens with one attached hydrogen (secondary N) is 1. The number of carbonyl (C=O) groups is 1. The molecule has 1 aromatic rings. The van der Waals surface area contributed by atoms with E-state index in [9.17, 15) is 9.36 Å². The van der Waals surface area contributed by atoms with E-state index in [1.165, 1.54) is 12.4 Å². The lowest BCUT2D eigenvalue weighted by Gasteiger charge is -1.99. The van der Waals surface area contributed by atoms with Crippen LogP contribution in [0.2, 0.25) is 0 Å². The molecule has 0 aliphatic carbocycles. The van der Waals surface area contributed by atoms with Crippen LogP contribution >= 0.6 is 8.25 Å². The predicted octanol–water partition coefficient (Wildman–Crippen LogP) is 0.435. The van der Waals surface area contributed by atoms with Gasteiger partial charge in [-0.2, -0.15) is 0 Å². The fourth-order valence-electron chi connectivity index (χ4n) is 0.752. The summed E-state index contributed by atoms with van der Waals surface area (Å²) < 4.78 is 14.3. The van der Waals surface area contributed by atoms with Crippen LogP contribution in [0, 0.1) is 0 Å². The molecule has 0 bridgehead atoms. The Labute approximate surface area is 80.9 Å². The van der Waals surface area contributed by atoms with Crippen LogP contribution in [0.25, 0.3) is 0 Å². The molecule has 1 atom stereocenters. The summed E-state index contributed by atoms with van der Waals surface area (Å²) in [6.45, 7) is -0.306. The SMILES string of the molecule is O=C(NCO[P+](=O)O)c1cccnc1. The molecule has 0 saturated heterocycles. The van der Waals surface area contributed by atoms with Crippen LogP contribution in [-0.4, -0.2) is 22.5 Å². The second kappa shape index (κ2) is 5.39. The molecule has 1 unspecified atom stereocenters. The zero-order valence-electron chi connectivity index (χ0n) is 7.08. The van der Waals surface area contributed by atoms with E-state index in [0.29, 0.717) is 5.56 Å². The molecule has 0 fully saturated rings. The molecule has 0 radical (unpaired) electrons. The van der Waals surface area contributed by atoms with E-state index in [2.05, 4.69) is 14.8 Å². The van der Waals surface area contributed by atoms with Gasteiger partial charge in [0.1, 0.15) is 0 Å². The Balaban J connectivity index is 2.40. The van der Waals surface area contributed by atoms with Crippen LogP contribution in [0.15, 0.2) is 24.5 Å². The fourth-order valence-corrected chi connectivity index (χ4v) is 0.927. The molecule has 0 aliphatic heterocycles. The number of rotatable bonds is 4. The summed E-state index contributed by atoms with van der Waals surface area (Å²) in [7, 11) is -2.68. The van der Waals surface area contributed by atoms with Gasteiger partial charge >= 0.3 is 8.25 Å². The first-order valence-corrected chi connectivity index (χ1v) is 4.80. The van der Waals surface area contributed by atoms with E-state index < -0.39 is 14.2 Å². The zero-order chi connectivity index (χ0) is 10.4. The number of nitrogens with zero attached hydrogens (tertiary/aromatic N) is 1. The minimum Gasteiger partial charge on any atom is -0.325 e. The normalized spacial score (nSPS) is 10.8. The highest BCUT2D eigenvalue weighted by molar-refractivity contribution is 7.32. The summed E-state index contributed by atoms with van der Waals surface area (Å²) in [6, 6.07) is 3.18. The molecule has 2 N–H and O–H groups in total. The summed E-state index contributed by atoms with van der Waals surface area (Å²) in [6.07, 6.45) is 2.92. The number of aromatic nitrogens is 1. The highest BCUT2D eigenvalue weighted by atomic mass is 31.1. The maximum Gasteiger partial charge on any atom is 0.696 e. The highest BCUT2D eigenvalue weighted by Gasteiger charge is 2.12. The standard InChI is InChI=1S/C7H7N2O4P/c10-7(9-5-13-14(11)12)6-2-1-3-8-4-6/h1-4H,5H2,(H-,9,10,11,12)/p+1.